The minimum atomic E-state index is -2.35. The number of aromatic carboxylic acids is 1. The summed E-state index contributed by atoms with van der Waals surface area (Å²) in [6.07, 6.45) is 6.28. The van der Waals surface area contributed by atoms with Crippen LogP contribution in [-0.4, -0.2) is 37.0 Å². The van der Waals surface area contributed by atoms with E-state index in [9.17, 15) is 36.6 Å². The Hall–Kier alpha value is -6.77. The number of H-pyrrole nitrogens is 2. The van der Waals surface area contributed by atoms with Gasteiger partial charge in [-0.3, -0.25) is 9.97 Å². The molecule has 0 aliphatic carbocycles. The normalized spacial score (nSPS) is 10.8. The van der Waals surface area contributed by atoms with Gasteiger partial charge in [-0.1, -0.05) is 36.4 Å². The number of carbonyl (C=O) groups excluding carboxylic acids is 1. The molecule has 0 aliphatic rings. The lowest BCUT2D eigenvalue weighted by Gasteiger charge is -2.10. The maximum absolute atomic E-state index is 13.9. The molecule has 0 saturated carbocycles. The van der Waals surface area contributed by atoms with Gasteiger partial charge in [0.05, 0.1) is 11.4 Å². The largest absolute Gasteiger partial charge is 0.477 e. The van der Waals surface area contributed by atoms with Gasteiger partial charge in [0.2, 0.25) is 34.8 Å². The first-order chi connectivity index (χ1) is 23.6. The number of fused-ring (bicyclic) bond motifs is 2. The van der Waals surface area contributed by atoms with Crippen LogP contribution in [0.5, 0.6) is 5.75 Å². The van der Waals surface area contributed by atoms with Crippen LogP contribution in [0.2, 0.25) is 0 Å². The molecule has 7 aromatic rings. The molecular formula is C34H21F5N6O4. The minimum absolute atomic E-state index is 0.151. The Morgan fingerprint density at radius 3 is 1.47 bits per heavy atom. The molecule has 4 aromatic heterocycles. The number of rotatable bonds is 7. The molecule has 7 rings (SSSR count). The van der Waals surface area contributed by atoms with Gasteiger partial charge in [0.1, 0.15) is 11.4 Å². The van der Waals surface area contributed by atoms with Crippen molar-refractivity contribution in [1.82, 2.24) is 19.9 Å². The highest BCUT2D eigenvalue weighted by molar-refractivity contribution is 6.08. The van der Waals surface area contributed by atoms with Crippen LogP contribution in [-0.2, 0) is 0 Å². The van der Waals surface area contributed by atoms with Gasteiger partial charge >= 0.3 is 11.9 Å². The van der Waals surface area contributed by atoms with Crippen LogP contribution in [0.25, 0.3) is 21.8 Å². The molecule has 0 unspecified atom stereocenters. The smallest absolute Gasteiger partial charge is 0.362 e. The number of carboxylic acid groups (broad SMARTS) is 1. The molecule has 10 nitrogen and oxygen atoms in total. The quantitative estimate of drug-likeness (QED) is 0.0375. The molecule has 0 amide bonds. The zero-order valence-electron chi connectivity index (χ0n) is 24.7. The highest BCUT2D eigenvalue weighted by atomic mass is 19.2. The van der Waals surface area contributed by atoms with Crippen molar-refractivity contribution >= 4 is 56.5 Å². The first-order valence-electron chi connectivity index (χ1n) is 14.2. The second kappa shape index (κ2) is 13.5. The molecule has 49 heavy (non-hydrogen) atoms. The number of carbonyl (C=O) groups is 2. The van der Waals surface area contributed by atoms with E-state index in [-0.39, 0.29) is 17.1 Å². The number of hydrogen-bond acceptors (Lipinski definition) is 7. The number of aromatic nitrogens is 4. The van der Waals surface area contributed by atoms with E-state index in [1.54, 1.807) is 60.9 Å². The van der Waals surface area contributed by atoms with Gasteiger partial charge in [-0.25, -0.2) is 22.8 Å². The summed E-state index contributed by atoms with van der Waals surface area (Å²) >= 11 is 0. The monoisotopic (exact) mass is 672 g/mol. The van der Waals surface area contributed by atoms with E-state index in [1.807, 2.05) is 24.3 Å². The summed E-state index contributed by atoms with van der Waals surface area (Å²) in [5.41, 5.74) is 3.20. The zero-order chi connectivity index (χ0) is 34.7. The summed E-state index contributed by atoms with van der Waals surface area (Å²) in [6, 6.07) is 20.9. The fraction of sp³-hybridized carbons (Fsp3) is 0. The molecule has 5 N–H and O–H groups in total. The van der Waals surface area contributed by atoms with Crippen LogP contribution < -0.4 is 15.4 Å². The Labute approximate surface area is 272 Å². The van der Waals surface area contributed by atoms with Crippen molar-refractivity contribution in [2.75, 3.05) is 10.6 Å². The van der Waals surface area contributed by atoms with Crippen molar-refractivity contribution < 1.29 is 41.4 Å². The van der Waals surface area contributed by atoms with Gasteiger partial charge in [0.15, 0.2) is 0 Å². The van der Waals surface area contributed by atoms with E-state index >= 15 is 0 Å². The lowest BCUT2D eigenvalue weighted by molar-refractivity contribution is 0.0688. The lowest BCUT2D eigenvalue weighted by Crippen LogP contribution is -2.15. The first-order valence-corrected chi connectivity index (χ1v) is 14.2. The van der Waals surface area contributed by atoms with Gasteiger partial charge in [-0.15, -0.1) is 0 Å². The number of benzene rings is 3. The predicted molar refractivity (Wildman–Crippen MR) is 170 cm³/mol. The molecule has 0 saturated heterocycles. The fourth-order valence-corrected chi connectivity index (χ4v) is 4.83. The predicted octanol–water partition coefficient (Wildman–Crippen LogP) is 8.23. The summed E-state index contributed by atoms with van der Waals surface area (Å²) in [7, 11) is 0. The average Bonchev–Trinajstić information content (AvgIpc) is 3.68. The number of aromatic amines is 2. The van der Waals surface area contributed by atoms with Crippen molar-refractivity contribution in [2.45, 2.75) is 0 Å². The second-order valence-corrected chi connectivity index (χ2v) is 10.2. The Balaban J connectivity index is 0.000000188. The zero-order valence-corrected chi connectivity index (χ0v) is 24.7. The van der Waals surface area contributed by atoms with E-state index in [2.05, 4.69) is 35.3 Å². The number of anilines is 4. The minimum Gasteiger partial charge on any atom is -0.477 e. The third-order valence-electron chi connectivity index (χ3n) is 7.09. The van der Waals surface area contributed by atoms with Crippen molar-refractivity contribution in [3.8, 4) is 5.75 Å². The lowest BCUT2D eigenvalue weighted by atomic mass is 10.2. The summed E-state index contributed by atoms with van der Waals surface area (Å²) in [6.45, 7) is 0. The Bertz CT molecular complexity index is 2300. The molecular weight excluding hydrogens is 651 g/mol. The number of ether oxygens (including phenoxy) is 1. The van der Waals surface area contributed by atoms with Crippen molar-refractivity contribution in [3.63, 3.8) is 0 Å². The van der Waals surface area contributed by atoms with E-state index in [0.717, 1.165) is 16.6 Å². The van der Waals surface area contributed by atoms with Gasteiger partial charge < -0.3 is 30.4 Å². The second-order valence-electron chi connectivity index (χ2n) is 10.2. The van der Waals surface area contributed by atoms with E-state index in [0.29, 0.717) is 22.3 Å². The molecule has 0 radical (unpaired) electrons. The van der Waals surface area contributed by atoms with Crippen molar-refractivity contribution in [2.24, 2.45) is 0 Å². The molecule has 15 heteroatoms. The molecule has 0 spiro atoms. The average molecular weight is 673 g/mol. The van der Waals surface area contributed by atoms with Crippen LogP contribution in [0.4, 0.5) is 44.7 Å². The number of nitrogens with zero attached hydrogens (tertiary/aromatic N) is 2. The van der Waals surface area contributed by atoms with Crippen LogP contribution in [0, 0.1) is 29.1 Å². The fourth-order valence-electron chi connectivity index (χ4n) is 4.83. The first kappa shape index (κ1) is 32.2. The third-order valence-corrected chi connectivity index (χ3v) is 7.09. The molecule has 0 bridgehead atoms. The molecule has 0 atom stereocenters. The topological polar surface area (TPSA) is 145 Å². The summed E-state index contributed by atoms with van der Waals surface area (Å²) in [4.78, 5) is 37.4. The number of nitrogens with one attached hydrogen (secondary N) is 4. The summed E-state index contributed by atoms with van der Waals surface area (Å²) in [5, 5.41) is 16.7. The van der Waals surface area contributed by atoms with Crippen LogP contribution in [0.1, 0.15) is 21.0 Å². The van der Waals surface area contributed by atoms with Gasteiger partial charge in [0, 0.05) is 58.0 Å². The molecule has 4 heterocycles. The molecule has 3 aromatic carbocycles. The number of esters is 1. The maximum atomic E-state index is 13.9. The number of carboxylic acids is 1. The van der Waals surface area contributed by atoms with Crippen molar-refractivity contribution in [3.05, 3.63) is 138 Å². The SMILES string of the molecule is O=C(O)c1[nH]c2ccccc2c1Nc1ccncc1.O=C(Oc1c(F)c(F)c(F)c(F)c1F)c1[nH]c2ccccc2c1Nc1ccncc1. The van der Waals surface area contributed by atoms with Gasteiger partial charge in [-0.2, -0.15) is 8.78 Å². The Morgan fingerprint density at radius 1 is 0.592 bits per heavy atom. The van der Waals surface area contributed by atoms with Crippen LogP contribution >= 0.6 is 0 Å². The maximum Gasteiger partial charge on any atom is 0.362 e. The number of pyridine rings is 2. The van der Waals surface area contributed by atoms with Crippen LogP contribution in [0.15, 0.2) is 97.6 Å². The highest BCUT2D eigenvalue weighted by Gasteiger charge is 2.30. The Kier molecular flexibility index (Phi) is 8.89. The summed E-state index contributed by atoms with van der Waals surface area (Å²) in [5.74, 6) is -15.3. The third kappa shape index (κ3) is 6.44. The molecule has 0 aliphatic heterocycles. The van der Waals surface area contributed by atoms with E-state index in [1.165, 1.54) is 12.4 Å². The van der Waals surface area contributed by atoms with E-state index in [4.69, 9.17) is 0 Å². The molecule has 0 fully saturated rings. The Morgan fingerprint density at radius 2 is 1.00 bits per heavy atom. The number of para-hydroxylation sites is 2. The summed E-state index contributed by atoms with van der Waals surface area (Å²) < 4.78 is 72.4. The van der Waals surface area contributed by atoms with Gasteiger partial charge in [-0.05, 0) is 36.4 Å². The van der Waals surface area contributed by atoms with Crippen molar-refractivity contribution in [1.29, 1.82) is 0 Å². The van der Waals surface area contributed by atoms with E-state index < -0.39 is 46.8 Å². The number of halogens is 5. The highest BCUT2D eigenvalue weighted by Crippen LogP contribution is 2.34. The standard InChI is InChI=1S/C20H10F5N3O2.C14H11N3O2/c21-12-13(22)15(24)19(16(25)14(12)23)30-20(29)18-17(27-9-5-7-26-8-6-9)10-3-1-2-4-11(10)28-18;18-14(19)13-12(16-9-5-7-15-8-6-9)10-3-1-2-4-11(10)17-13/h1-8,28H,(H,26,27);1-8,17H,(H,15,16)(H,18,19). The molecule has 246 valence electrons. The van der Waals surface area contributed by atoms with Gasteiger partial charge in [0.25, 0.3) is 0 Å². The van der Waals surface area contributed by atoms with Crippen LogP contribution in [0.3, 0.4) is 0 Å². The number of hydrogen-bond donors (Lipinski definition) is 5.